The normalized spacial score (nSPS) is 22.6. The molecule has 3 aliphatic rings. The molecular formula is C28H29FN2O3S. The average Bonchev–Trinajstić information content (AvgIpc) is 3.65. The lowest BCUT2D eigenvalue weighted by Gasteiger charge is -2.34. The first-order chi connectivity index (χ1) is 17.2. The molecule has 2 aromatic carbocycles. The van der Waals surface area contributed by atoms with Crippen molar-refractivity contribution in [1.29, 1.82) is 0 Å². The highest BCUT2D eigenvalue weighted by Gasteiger charge is 2.39. The van der Waals surface area contributed by atoms with Gasteiger partial charge >= 0.3 is 0 Å². The van der Waals surface area contributed by atoms with E-state index in [1.54, 1.807) is 23.5 Å². The first-order valence-electron chi connectivity index (χ1n) is 12.3. The highest BCUT2D eigenvalue weighted by atomic mass is 32.1. The molecule has 5 nitrogen and oxygen atoms in total. The van der Waals surface area contributed by atoms with Crippen LogP contribution in [0.15, 0.2) is 59.3 Å². The van der Waals surface area contributed by atoms with Crippen molar-refractivity contribution < 1.29 is 18.7 Å². The number of halogens is 1. The number of carbonyl (C=O) groups excluding carboxylic acids is 1. The van der Waals surface area contributed by atoms with Crippen LogP contribution in [0.5, 0.6) is 11.5 Å². The summed E-state index contributed by atoms with van der Waals surface area (Å²) in [6.07, 6.45) is 2.16. The number of carbonyl (C=O) groups is 1. The van der Waals surface area contributed by atoms with E-state index in [0.29, 0.717) is 34.8 Å². The van der Waals surface area contributed by atoms with Gasteiger partial charge in [0.15, 0.2) is 11.5 Å². The molecule has 2 atom stereocenters. The van der Waals surface area contributed by atoms with E-state index in [2.05, 4.69) is 21.7 Å². The van der Waals surface area contributed by atoms with Gasteiger partial charge in [-0.3, -0.25) is 4.79 Å². The Morgan fingerprint density at radius 2 is 1.83 bits per heavy atom. The molecule has 2 fully saturated rings. The van der Waals surface area contributed by atoms with Gasteiger partial charge in [-0.25, -0.2) is 4.39 Å². The van der Waals surface area contributed by atoms with Gasteiger partial charge in [-0.15, -0.1) is 0 Å². The van der Waals surface area contributed by atoms with Gasteiger partial charge in [0, 0.05) is 25.6 Å². The fraction of sp³-hybridized carbons (Fsp3) is 0.393. The first-order valence-corrected chi connectivity index (χ1v) is 13.3. The van der Waals surface area contributed by atoms with Gasteiger partial charge in [-0.05, 0) is 90.0 Å². The molecule has 182 valence electrons. The number of hydrogen-bond donors (Lipinski definition) is 0. The van der Waals surface area contributed by atoms with Gasteiger partial charge in [-0.2, -0.15) is 11.3 Å². The summed E-state index contributed by atoms with van der Waals surface area (Å²) >= 11 is 1.72. The number of nitrogens with zero attached hydrogens (tertiary/aromatic N) is 2. The van der Waals surface area contributed by atoms with Gasteiger partial charge in [0.25, 0.3) is 5.91 Å². The molecule has 0 aliphatic carbocycles. The van der Waals surface area contributed by atoms with Crippen LogP contribution in [0, 0.1) is 11.7 Å². The molecule has 0 radical (unpaired) electrons. The summed E-state index contributed by atoms with van der Waals surface area (Å²) in [6.45, 7) is 4.65. The number of para-hydroxylation sites is 1. The lowest BCUT2D eigenvalue weighted by atomic mass is 9.87. The summed E-state index contributed by atoms with van der Waals surface area (Å²) in [5, 5.41) is 4.35. The van der Waals surface area contributed by atoms with Crippen LogP contribution in [0.4, 0.5) is 4.39 Å². The topological polar surface area (TPSA) is 42.0 Å². The van der Waals surface area contributed by atoms with E-state index >= 15 is 0 Å². The van der Waals surface area contributed by atoms with Gasteiger partial charge in [0.1, 0.15) is 5.82 Å². The Hall–Kier alpha value is -2.90. The highest BCUT2D eigenvalue weighted by molar-refractivity contribution is 7.08. The van der Waals surface area contributed by atoms with Crippen LogP contribution in [0.2, 0.25) is 0 Å². The molecule has 35 heavy (non-hydrogen) atoms. The smallest absolute Gasteiger partial charge is 0.257 e. The Morgan fingerprint density at radius 3 is 2.60 bits per heavy atom. The Morgan fingerprint density at radius 1 is 1.00 bits per heavy atom. The molecule has 4 heterocycles. The minimum absolute atomic E-state index is 0.0186. The molecule has 7 heteroatoms. The molecule has 2 unspecified atom stereocenters. The molecule has 3 aromatic rings. The summed E-state index contributed by atoms with van der Waals surface area (Å²) in [5.41, 5.74) is 3.15. The lowest BCUT2D eigenvalue weighted by Crippen LogP contribution is -2.38. The van der Waals surface area contributed by atoms with Crippen LogP contribution in [0.1, 0.15) is 46.2 Å². The van der Waals surface area contributed by atoms with Gasteiger partial charge < -0.3 is 19.3 Å². The summed E-state index contributed by atoms with van der Waals surface area (Å²) in [6, 6.07) is 14.7. The number of benzene rings is 2. The number of hydrogen-bond acceptors (Lipinski definition) is 5. The average molecular weight is 493 g/mol. The monoisotopic (exact) mass is 492 g/mol. The van der Waals surface area contributed by atoms with Gasteiger partial charge in [0.05, 0.1) is 5.56 Å². The summed E-state index contributed by atoms with van der Waals surface area (Å²) in [5.74, 6) is 2.25. The zero-order valence-electron chi connectivity index (χ0n) is 19.6. The maximum atomic E-state index is 13.5. The fourth-order valence-corrected chi connectivity index (χ4v) is 6.59. The maximum absolute atomic E-state index is 13.5. The van der Waals surface area contributed by atoms with Crippen molar-refractivity contribution in [3.8, 4) is 11.5 Å². The number of amides is 1. The summed E-state index contributed by atoms with van der Waals surface area (Å²) in [4.78, 5) is 18.1. The Labute approximate surface area is 209 Å². The van der Waals surface area contributed by atoms with Crippen LogP contribution in [-0.4, -0.2) is 55.2 Å². The van der Waals surface area contributed by atoms with Crippen LogP contribution in [0.3, 0.4) is 0 Å². The molecule has 0 N–H and O–H groups in total. The zero-order chi connectivity index (χ0) is 23.8. The predicted octanol–water partition coefficient (Wildman–Crippen LogP) is 5.35. The van der Waals surface area contributed by atoms with E-state index in [4.69, 9.17) is 9.47 Å². The number of rotatable bonds is 5. The van der Waals surface area contributed by atoms with E-state index in [1.165, 1.54) is 11.1 Å². The summed E-state index contributed by atoms with van der Waals surface area (Å²) in [7, 11) is 0. The second-order valence-electron chi connectivity index (χ2n) is 9.80. The van der Waals surface area contributed by atoms with Crippen LogP contribution >= 0.6 is 11.3 Å². The number of thiophene rings is 1. The number of ether oxygens (including phenoxy) is 2. The molecule has 6 rings (SSSR count). The second-order valence-corrected chi connectivity index (χ2v) is 10.6. The van der Waals surface area contributed by atoms with Gasteiger partial charge in [-0.1, -0.05) is 18.2 Å². The summed E-state index contributed by atoms with van der Waals surface area (Å²) < 4.78 is 24.4. The molecule has 2 saturated heterocycles. The standard InChI is InChI=1S/C28H29FN2O3S/c29-23-6-4-19(5-7-23)20-8-11-30(12-9-20)14-22-15-31(16-25(22)21-10-13-35-17-21)28(32)24-2-1-3-26-27(24)34-18-33-26/h1-7,10,13,17,20,22,25H,8-9,11-12,14-16,18H2. The third kappa shape index (κ3) is 4.55. The quantitative estimate of drug-likeness (QED) is 0.482. The molecule has 0 bridgehead atoms. The minimum Gasteiger partial charge on any atom is -0.454 e. The Bertz CT molecular complexity index is 1180. The van der Waals surface area contributed by atoms with Crippen molar-refractivity contribution in [2.75, 3.05) is 39.5 Å². The second kappa shape index (κ2) is 9.63. The van der Waals surface area contributed by atoms with Gasteiger partial charge in [0.2, 0.25) is 6.79 Å². The van der Waals surface area contributed by atoms with Crippen LogP contribution in [-0.2, 0) is 0 Å². The van der Waals surface area contributed by atoms with E-state index in [-0.39, 0.29) is 18.5 Å². The van der Waals surface area contributed by atoms with Crippen molar-refractivity contribution in [3.63, 3.8) is 0 Å². The molecule has 1 aromatic heterocycles. The van der Waals surface area contributed by atoms with E-state index < -0.39 is 0 Å². The zero-order valence-corrected chi connectivity index (χ0v) is 20.4. The SMILES string of the molecule is O=C(c1cccc2c1OCO2)N1CC(CN2CCC(c3ccc(F)cc3)CC2)C(c2ccsc2)C1. The largest absolute Gasteiger partial charge is 0.454 e. The van der Waals surface area contributed by atoms with E-state index in [1.807, 2.05) is 35.2 Å². The molecule has 0 saturated carbocycles. The molecule has 1 amide bonds. The van der Waals surface area contributed by atoms with Crippen LogP contribution in [0.25, 0.3) is 0 Å². The number of fused-ring (bicyclic) bond motifs is 1. The fourth-order valence-electron chi connectivity index (χ4n) is 5.87. The van der Waals surface area contributed by atoms with Crippen molar-refractivity contribution in [3.05, 3.63) is 81.8 Å². The lowest BCUT2D eigenvalue weighted by molar-refractivity contribution is 0.0776. The third-order valence-corrected chi connectivity index (χ3v) is 8.45. The van der Waals surface area contributed by atoms with Crippen molar-refractivity contribution in [1.82, 2.24) is 9.80 Å². The Balaban J connectivity index is 1.15. The van der Waals surface area contributed by atoms with Crippen molar-refractivity contribution in [2.24, 2.45) is 5.92 Å². The minimum atomic E-state index is -0.175. The maximum Gasteiger partial charge on any atom is 0.257 e. The van der Waals surface area contributed by atoms with Crippen molar-refractivity contribution in [2.45, 2.75) is 24.7 Å². The molecular weight excluding hydrogens is 463 g/mol. The highest BCUT2D eigenvalue weighted by Crippen LogP contribution is 2.40. The third-order valence-electron chi connectivity index (χ3n) is 7.75. The van der Waals surface area contributed by atoms with E-state index in [0.717, 1.165) is 45.6 Å². The number of likely N-dealkylation sites (tertiary alicyclic amines) is 2. The van der Waals surface area contributed by atoms with Crippen LogP contribution < -0.4 is 9.47 Å². The predicted molar refractivity (Wildman–Crippen MR) is 134 cm³/mol. The molecule has 3 aliphatic heterocycles. The Kier molecular flexibility index (Phi) is 6.20. The van der Waals surface area contributed by atoms with Crippen molar-refractivity contribution >= 4 is 17.2 Å². The number of piperidine rings is 1. The first kappa shape index (κ1) is 22.6. The molecule has 0 spiro atoms. The van der Waals surface area contributed by atoms with E-state index in [9.17, 15) is 9.18 Å².